The third-order valence-electron chi connectivity index (χ3n) is 4.27. The molecule has 128 valence electrons. The second kappa shape index (κ2) is 6.81. The number of halogens is 3. The first-order valence-corrected chi connectivity index (χ1v) is 7.90. The van der Waals surface area contributed by atoms with Gasteiger partial charge >= 0.3 is 6.18 Å². The zero-order valence-electron chi connectivity index (χ0n) is 13.3. The van der Waals surface area contributed by atoms with Gasteiger partial charge in [-0.1, -0.05) is 24.3 Å². The van der Waals surface area contributed by atoms with Crippen molar-refractivity contribution in [2.45, 2.75) is 38.0 Å². The van der Waals surface area contributed by atoms with Crippen LogP contribution in [0.2, 0.25) is 0 Å². The maximum absolute atomic E-state index is 13.5. The number of ether oxygens (including phenoxy) is 1. The number of rotatable bonds is 4. The average molecular weight is 336 g/mol. The molecule has 1 aromatic heterocycles. The minimum Gasteiger partial charge on any atom is -0.493 e. The van der Waals surface area contributed by atoms with Crippen LogP contribution >= 0.6 is 0 Å². The lowest BCUT2D eigenvalue weighted by Gasteiger charge is -2.31. The summed E-state index contributed by atoms with van der Waals surface area (Å²) in [6.07, 6.45) is -2.50. The van der Waals surface area contributed by atoms with Crippen LogP contribution in [0.4, 0.5) is 13.2 Å². The third-order valence-corrected chi connectivity index (χ3v) is 4.27. The molecule has 0 spiro atoms. The van der Waals surface area contributed by atoms with Gasteiger partial charge in [0, 0.05) is 36.3 Å². The van der Waals surface area contributed by atoms with Gasteiger partial charge in [0.1, 0.15) is 11.8 Å². The second-order valence-electron chi connectivity index (χ2n) is 5.96. The van der Waals surface area contributed by atoms with E-state index in [4.69, 9.17) is 4.74 Å². The maximum Gasteiger partial charge on any atom is 0.404 e. The predicted octanol–water partition coefficient (Wildman–Crippen LogP) is 3.98. The quantitative estimate of drug-likeness (QED) is 0.917. The summed E-state index contributed by atoms with van der Waals surface area (Å²) in [5.74, 6) is 0.649. The van der Waals surface area contributed by atoms with Crippen molar-refractivity contribution in [2.75, 3.05) is 6.61 Å². The molecule has 2 unspecified atom stereocenters. The van der Waals surface area contributed by atoms with Gasteiger partial charge in [0.25, 0.3) is 0 Å². The van der Waals surface area contributed by atoms with Gasteiger partial charge in [0.15, 0.2) is 0 Å². The van der Waals surface area contributed by atoms with Gasteiger partial charge < -0.3 is 4.74 Å². The van der Waals surface area contributed by atoms with Gasteiger partial charge in [-0.3, -0.25) is 10.3 Å². The smallest absolute Gasteiger partial charge is 0.404 e. The summed E-state index contributed by atoms with van der Waals surface area (Å²) in [5.41, 5.74) is 2.00. The van der Waals surface area contributed by atoms with Crippen LogP contribution in [-0.4, -0.2) is 23.8 Å². The van der Waals surface area contributed by atoms with E-state index in [1.165, 1.54) is 6.20 Å². The number of hydrogen-bond acceptors (Lipinski definition) is 3. The average Bonchev–Trinajstić information content (AvgIpc) is 2.55. The van der Waals surface area contributed by atoms with Gasteiger partial charge in [-0.25, -0.2) is 0 Å². The Bertz CT molecular complexity index is 703. The lowest BCUT2D eigenvalue weighted by molar-refractivity contribution is -0.158. The first-order chi connectivity index (χ1) is 11.4. The van der Waals surface area contributed by atoms with Crippen molar-refractivity contribution < 1.29 is 17.9 Å². The van der Waals surface area contributed by atoms with Crippen LogP contribution in [-0.2, 0) is 6.42 Å². The highest BCUT2D eigenvalue weighted by Crippen LogP contribution is 2.34. The van der Waals surface area contributed by atoms with Crippen LogP contribution in [0.25, 0.3) is 0 Å². The summed E-state index contributed by atoms with van der Waals surface area (Å²) in [4.78, 5) is 4.10. The molecule has 0 bridgehead atoms. The Labute approximate surface area is 138 Å². The molecule has 1 aliphatic heterocycles. The first kappa shape index (κ1) is 16.8. The molecule has 3 rings (SSSR count). The number of benzene rings is 1. The molecular weight excluding hydrogens is 317 g/mol. The minimum absolute atomic E-state index is 0.185. The van der Waals surface area contributed by atoms with Crippen LogP contribution in [0.3, 0.4) is 0 Å². The third kappa shape index (κ3) is 3.70. The molecule has 0 aliphatic carbocycles. The highest BCUT2D eigenvalue weighted by atomic mass is 19.4. The van der Waals surface area contributed by atoms with Gasteiger partial charge in [-0.15, -0.1) is 0 Å². The Morgan fingerprint density at radius 3 is 2.79 bits per heavy atom. The fourth-order valence-corrected chi connectivity index (χ4v) is 2.95. The zero-order chi connectivity index (χ0) is 17.2. The van der Waals surface area contributed by atoms with Crippen molar-refractivity contribution in [3.05, 3.63) is 59.4 Å². The summed E-state index contributed by atoms with van der Waals surface area (Å²) in [6.45, 7) is 2.18. The number of fused-ring (bicyclic) bond motifs is 1. The van der Waals surface area contributed by atoms with Gasteiger partial charge in [-0.2, -0.15) is 13.2 Å². The largest absolute Gasteiger partial charge is 0.493 e. The monoisotopic (exact) mass is 336 g/mol. The molecule has 1 aliphatic rings. The van der Waals surface area contributed by atoms with E-state index in [9.17, 15) is 13.2 Å². The Morgan fingerprint density at radius 2 is 2.04 bits per heavy atom. The minimum atomic E-state index is -4.35. The van der Waals surface area contributed by atoms with Crippen LogP contribution in [0, 0.1) is 6.92 Å². The zero-order valence-corrected chi connectivity index (χ0v) is 13.3. The molecule has 0 fully saturated rings. The van der Waals surface area contributed by atoms with E-state index in [2.05, 4.69) is 10.3 Å². The molecule has 1 N–H and O–H groups in total. The van der Waals surface area contributed by atoms with Gasteiger partial charge in [0.05, 0.1) is 6.61 Å². The van der Waals surface area contributed by atoms with Gasteiger partial charge in [-0.05, 0) is 24.6 Å². The summed E-state index contributed by atoms with van der Waals surface area (Å²) >= 11 is 0. The molecule has 6 heteroatoms. The SMILES string of the molecule is Cc1cccnc1CC(NC1CCOc2ccccc21)C(F)(F)F. The fraction of sp³-hybridized carbons (Fsp3) is 0.389. The Hall–Kier alpha value is -2.08. The lowest BCUT2D eigenvalue weighted by atomic mass is 9.98. The molecule has 0 saturated heterocycles. The van der Waals surface area contributed by atoms with Crippen molar-refractivity contribution in [1.82, 2.24) is 10.3 Å². The Balaban J connectivity index is 1.83. The van der Waals surface area contributed by atoms with E-state index in [1.807, 2.05) is 18.2 Å². The molecule has 24 heavy (non-hydrogen) atoms. The van der Waals surface area contributed by atoms with E-state index in [0.717, 1.165) is 11.1 Å². The molecule has 2 atom stereocenters. The molecular formula is C18H19F3N2O. The van der Waals surface area contributed by atoms with Crippen LogP contribution < -0.4 is 10.1 Å². The highest BCUT2D eigenvalue weighted by Gasteiger charge is 2.41. The predicted molar refractivity (Wildman–Crippen MR) is 85.0 cm³/mol. The molecule has 1 aromatic carbocycles. The number of pyridine rings is 1. The number of nitrogens with one attached hydrogen (secondary N) is 1. The number of aromatic nitrogens is 1. The maximum atomic E-state index is 13.5. The van der Waals surface area contributed by atoms with Crippen molar-refractivity contribution in [3.63, 3.8) is 0 Å². The highest BCUT2D eigenvalue weighted by molar-refractivity contribution is 5.37. The molecule has 0 amide bonds. The number of hydrogen-bond donors (Lipinski definition) is 1. The topological polar surface area (TPSA) is 34.2 Å². The lowest BCUT2D eigenvalue weighted by Crippen LogP contribution is -2.46. The first-order valence-electron chi connectivity index (χ1n) is 7.90. The van der Waals surface area contributed by atoms with Gasteiger partial charge in [0.2, 0.25) is 0 Å². The van der Waals surface area contributed by atoms with Crippen LogP contribution in [0.1, 0.15) is 29.3 Å². The Kier molecular flexibility index (Phi) is 4.76. The summed E-state index contributed by atoms with van der Waals surface area (Å²) < 4.78 is 46.2. The van der Waals surface area contributed by atoms with E-state index < -0.39 is 12.2 Å². The molecule has 2 aromatic rings. The summed E-state index contributed by atoms with van der Waals surface area (Å²) in [6, 6.07) is 8.70. The van der Waals surface area contributed by atoms with Crippen molar-refractivity contribution in [2.24, 2.45) is 0 Å². The van der Waals surface area contributed by atoms with Crippen LogP contribution in [0.15, 0.2) is 42.6 Å². The molecule has 0 saturated carbocycles. The molecule has 3 nitrogen and oxygen atoms in total. The standard InChI is InChI=1S/C18H19F3N2O/c1-12-5-4-9-22-15(12)11-17(18(19,20)21)23-14-8-10-24-16-7-3-2-6-13(14)16/h2-7,9,14,17,23H,8,10-11H2,1H3. The van der Waals surface area contributed by atoms with E-state index in [0.29, 0.717) is 24.5 Å². The van der Waals surface area contributed by atoms with Crippen molar-refractivity contribution >= 4 is 0 Å². The molecule has 2 heterocycles. The number of nitrogens with zero attached hydrogens (tertiary/aromatic N) is 1. The Morgan fingerprint density at radius 1 is 1.25 bits per heavy atom. The van der Waals surface area contributed by atoms with E-state index >= 15 is 0 Å². The number of alkyl halides is 3. The number of aryl methyl sites for hydroxylation is 1. The normalized spacial score (nSPS) is 18.6. The van der Waals surface area contributed by atoms with Crippen molar-refractivity contribution in [3.8, 4) is 5.75 Å². The van der Waals surface area contributed by atoms with E-state index in [-0.39, 0.29) is 12.5 Å². The molecule has 0 radical (unpaired) electrons. The second-order valence-corrected chi connectivity index (χ2v) is 5.96. The summed E-state index contributed by atoms with van der Waals surface area (Å²) in [7, 11) is 0. The summed E-state index contributed by atoms with van der Waals surface area (Å²) in [5, 5.41) is 2.78. The van der Waals surface area contributed by atoms with Crippen molar-refractivity contribution in [1.29, 1.82) is 0 Å². The fourth-order valence-electron chi connectivity index (χ4n) is 2.95. The van der Waals surface area contributed by atoms with E-state index in [1.54, 1.807) is 25.1 Å². The number of para-hydroxylation sites is 1. The van der Waals surface area contributed by atoms with Crippen LogP contribution in [0.5, 0.6) is 5.75 Å².